The third kappa shape index (κ3) is 4.15. The van der Waals surface area contributed by atoms with Crippen molar-refractivity contribution in [2.75, 3.05) is 7.05 Å². The molecule has 0 rings (SSSR count). The zero-order valence-corrected chi connectivity index (χ0v) is 12.1. The van der Waals surface area contributed by atoms with E-state index < -0.39 is 0 Å². The first-order valence-corrected chi connectivity index (χ1v) is 6.41. The molecule has 0 aliphatic carbocycles. The van der Waals surface area contributed by atoms with Crippen molar-refractivity contribution >= 4 is 5.91 Å². The fourth-order valence-electron chi connectivity index (χ4n) is 1.84. The van der Waals surface area contributed by atoms with Crippen LogP contribution in [0.5, 0.6) is 0 Å². The van der Waals surface area contributed by atoms with Crippen molar-refractivity contribution in [3.05, 3.63) is 0 Å². The maximum absolute atomic E-state index is 12.0. The van der Waals surface area contributed by atoms with Gasteiger partial charge < -0.3 is 5.32 Å². The molecule has 2 nitrogen and oxygen atoms in total. The lowest BCUT2D eigenvalue weighted by Gasteiger charge is -2.37. The van der Waals surface area contributed by atoms with Crippen molar-refractivity contribution in [3.8, 4) is 0 Å². The van der Waals surface area contributed by atoms with Crippen LogP contribution in [0, 0.1) is 16.7 Å². The minimum Gasteiger partial charge on any atom is -0.359 e. The van der Waals surface area contributed by atoms with Crippen LogP contribution in [0.3, 0.4) is 0 Å². The molecule has 0 heterocycles. The Labute approximate surface area is 101 Å². The highest BCUT2D eigenvalue weighted by Crippen LogP contribution is 2.40. The molecule has 1 atom stereocenters. The van der Waals surface area contributed by atoms with Crippen molar-refractivity contribution in [3.63, 3.8) is 0 Å². The molecule has 0 aliphatic heterocycles. The largest absolute Gasteiger partial charge is 0.359 e. The second-order valence-corrected chi connectivity index (χ2v) is 6.23. The van der Waals surface area contributed by atoms with Crippen LogP contribution in [-0.2, 0) is 4.79 Å². The third-order valence-corrected chi connectivity index (χ3v) is 4.13. The van der Waals surface area contributed by atoms with Gasteiger partial charge in [0.05, 0.1) is 0 Å². The van der Waals surface area contributed by atoms with E-state index in [0.717, 1.165) is 19.3 Å². The summed E-state index contributed by atoms with van der Waals surface area (Å²) in [7, 11) is 1.74. The molecule has 0 fully saturated rings. The fourth-order valence-corrected chi connectivity index (χ4v) is 1.84. The van der Waals surface area contributed by atoms with Crippen LogP contribution >= 0.6 is 0 Å². The van der Waals surface area contributed by atoms with E-state index >= 15 is 0 Å². The molecule has 0 aromatic heterocycles. The number of hydrogen-bond acceptors (Lipinski definition) is 1. The Morgan fingerprint density at radius 2 is 1.62 bits per heavy atom. The summed E-state index contributed by atoms with van der Waals surface area (Å²) in [5.41, 5.74) is 0.316. The molecule has 1 amide bonds. The van der Waals surface area contributed by atoms with Crippen LogP contribution in [0.1, 0.15) is 60.8 Å². The summed E-state index contributed by atoms with van der Waals surface area (Å²) < 4.78 is 0. The molecule has 0 aromatic rings. The molecule has 0 aliphatic rings. The first kappa shape index (κ1) is 15.5. The Kier molecular flexibility index (Phi) is 5.51. The van der Waals surface area contributed by atoms with E-state index in [9.17, 15) is 4.79 Å². The number of hydrogen-bond donors (Lipinski definition) is 1. The van der Waals surface area contributed by atoms with Crippen molar-refractivity contribution in [2.45, 2.75) is 60.8 Å². The average Bonchev–Trinajstić information content (AvgIpc) is 2.24. The zero-order valence-electron chi connectivity index (χ0n) is 12.1. The van der Waals surface area contributed by atoms with Crippen LogP contribution in [0.15, 0.2) is 0 Å². The minimum atomic E-state index is 0.0759. The van der Waals surface area contributed by atoms with Gasteiger partial charge in [-0.3, -0.25) is 4.79 Å². The van der Waals surface area contributed by atoms with Gasteiger partial charge in [-0.15, -0.1) is 0 Å². The molecule has 2 heteroatoms. The summed E-state index contributed by atoms with van der Waals surface area (Å²) in [6.07, 6.45) is 3.11. The van der Waals surface area contributed by atoms with Gasteiger partial charge in [0.2, 0.25) is 5.91 Å². The monoisotopic (exact) mass is 227 g/mol. The Hall–Kier alpha value is -0.530. The predicted octanol–water partition coefficient (Wildman–Crippen LogP) is 3.61. The maximum atomic E-state index is 12.0. The zero-order chi connectivity index (χ0) is 13.0. The van der Waals surface area contributed by atoms with Gasteiger partial charge in [0.15, 0.2) is 0 Å². The van der Waals surface area contributed by atoms with Gasteiger partial charge in [-0.1, -0.05) is 54.4 Å². The molecule has 1 N–H and O–H groups in total. The topological polar surface area (TPSA) is 29.1 Å². The van der Waals surface area contributed by atoms with E-state index in [1.54, 1.807) is 7.05 Å². The van der Waals surface area contributed by atoms with Crippen LogP contribution in [0.25, 0.3) is 0 Å². The highest BCUT2D eigenvalue weighted by molar-refractivity contribution is 5.79. The van der Waals surface area contributed by atoms with Crippen LogP contribution in [0.4, 0.5) is 0 Å². The summed E-state index contributed by atoms with van der Waals surface area (Å²) in [6.45, 7) is 13.2. The third-order valence-electron chi connectivity index (χ3n) is 4.13. The van der Waals surface area contributed by atoms with Crippen LogP contribution in [0.2, 0.25) is 0 Å². The lowest BCUT2D eigenvalue weighted by Crippen LogP contribution is -2.40. The summed E-state index contributed by atoms with van der Waals surface area (Å²) in [5.74, 6) is 0.297. The fraction of sp³-hybridized carbons (Fsp3) is 0.929. The van der Waals surface area contributed by atoms with Gasteiger partial charge >= 0.3 is 0 Å². The highest BCUT2D eigenvalue weighted by atomic mass is 16.1. The molecular weight excluding hydrogens is 198 g/mol. The molecule has 0 radical (unpaired) electrons. The second kappa shape index (κ2) is 5.70. The van der Waals surface area contributed by atoms with Crippen LogP contribution in [-0.4, -0.2) is 13.0 Å². The Bertz CT molecular complexity index is 231. The van der Waals surface area contributed by atoms with Gasteiger partial charge in [-0.2, -0.15) is 0 Å². The van der Waals surface area contributed by atoms with E-state index in [-0.39, 0.29) is 22.7 Å². The van der Waals surface area contributed by atoms with Gasteiger partial charge in [-0.05, 0) is 17.3 Å². The van der Waals surface area contributed by atoms with E-state index in [0.29, 0.717) is 0 Å². The minimum absolute atomic E-state index is 0.0759. The maximum Gasteiger partial charge on any atom is 0.223 e. The Balaban J connectivity index is 4.90. The van der Waals surface area contributed by atoms with Gasteiger partial charge in [-0.25, -0.2) is 0 Å². The Morgan fingerprint density at radius 1 is 1.12 bits per heavy atom. The molecule has 0 aromatic carbocycles. The smallest absolute Gasteiger partial charge is 0.223 e. The molecule has 16 heavy (non-hydrogen) atoms. The van der Waals surface area contributed by atoms with Crippen LogP contribution < -0.4 is 5.32 Å². The molecule has 0 saturated carbocycles. The van der Waals surface area contributed by atoms with E-state index in [2.05, 4.69) is 46.9 Å². The Morgan fingerprint density at radius 3 is 1.94 bits per heavy atom. The lowest BCUT2D eigenvalue weighted by molar-refractivity contribution is -0.129. The lowest BCUT2D eigenvalue weighted by atomic mass is 9.68. The molecule has 0 saturated heterocycles. The number of carbonyl (C=O) groups is 1. The average molecular weight is 227 g/mol. The van der Waals surface area contributed by atoms with Crippen molar-refractivity contribution in [1.29, 1.82) is 0 Å². The van der Waals surface area contributed by atoms with E-state index in [1.165, 1.54) is 0 Å². The van der Waals surface area contributed by atoms with Gasteiger partial charge in [0, 0.05) is 13.0 Å². The molecular formula is C14H29NO. The SMILES string of the molecule is CCC(C)(C)CC(C(=O)NC)C(C)(C)CC. The first-order chi connectivity index (χ1) is 7.20. The summed E-state index contributed by atoms with van der Waals surface area (Å²) in [5, 5.41) is 2.81. The summed E-state index contributed by atoms with van der Waals surface area (Å²) in [4.78, 5) is 12.0. The normalized spacial score (nSPS) is 14.7. The van der Waals surface area contributed by atoms with Gasteiger partial charge in [0.25, 0.3) is 0 Å². The van der Waals surface area contributed by atoms with Crippen molar-refractivity contribution < 1.29 is 4.79 Å². The molecule has 0 bridgehead atoms. The molecule has 0 spiro atoms. The summed E-state index contributed by atoms with van der Waals surface area (Å²) >= 11 is 0. The highest BCUT2D eigenvalue weighted by Gasteiger charge is 2.36. The van der Waals surface area contributed by atoms with E-state index in [4.69, 9.17) is 0 Å². The number of rotatable bonds is 6. The van der Waals surface area contributed by atoms with Gasteiger partial charge in [0.1, 0.15) is 0 Å². The molecule has 96 valence electrons. The number of carbonyl (C=O) groups excluding carboxylic acids is 1. The standard InChI is InChI=1S/C14H29NO/c1-8-13(3,4)10-11(12(16)15-7)14(5,6)9-2/h11H,8-10H2,1-7H3,(H,15,16). The quantitative estimate of drug-likeness (QED) is 0.738. The summed E-state index contributed by atoms with van der Waals surface area (Å²) in [6, 6.07) is 0. The predicted molar refractivity (Wildman–Crippen MR) is 70.3 cm³/mol. The molecule has 1 unspecified atom stereocenters. The number of amides is 1. The first-order valence-electron chi connectivity index (χ1n) is 6.41. The van der Waals surface area contributed by atoms with E-state index in [1.807, 2.05) is 0 Å². The second-order valence-electron chi connectivity index (χ2n) is 6.23. The number of nitrogens with one attached hydrogen (secondary N) is 1. The van der Waals surface area contributed by atoms with Crippen molar-refractivity contribution in [1.82, 2.24) is 5.32 Å². The van der Waals surface area contributed by atoms with Crippen molar-refractivity contribution in [2.24, 2.45) is 16.7 Å².